The lowest BCUT2D eigenvalue weighted by atomic mass is 9.86. The van der Waals surface area contributed by atoms with Gasteiger partial charge < -0.3 is 5.73 Å². The van der Waals surface area contributed by atoms with E-state index < -0.39 is 11.3 Å². The molecular weight excluding hydrogens is 307 g/mol. The highest BCUT2D eigenvalue weighted by Gasteiger charge is 2.66. The third-order valence-electron chi connectivity index (χ3n) is 4.94. The summed E-state index contributed by atoms with van der Waals surface area (Å²) in [4.78, 5) is 15.8. The number of primary amides is 1. The van der Waals surface area contributed by atoms with Crippen LogP contribution in [0.25, 0.3) is 0 Å². The van der Waals surface area contributed by atoms with Gasteiger partial charge in [0.2, 0.25) is 5.91 Å². The largest absolute Gasteiger partial charge is 0.369 e. The minimum absolute atomic E-state index is 0.00249. The summed E-state index contributed by atoms with van der Waals surface area (Å²) in [5.41, 5.74) is 5.28. The summed E-state index contributed by atoms with van der Waals surface area (Å²) in [6, 6.07) is 6.84. The van der Waals surface area contributed by atoms with Crippen molar-refractivity contribution in [3.8, 4) is 0 Å². The minimum Gasteiger partial charge on any atom is -0.369 e. The van der Waals surface area contributed by atoms with Gasteiger partial charge in [-0.05, 0) is 24.3 Å². The van der Waals surface area contributed by atoms with Crippen molar-refractivity contribution in [1.29, 1.82) is 0 Å². The predicted octanol–water partition coefficient (Wildman–Crippen LogP) is 2.57. The van der Waals surface area contributed by atoms with Crippen LogP contribution in [0.4, 0.5) is 4.39 Å². The van der Waals surface area contributed by atoms with E-state index in [0.29, 0.717) is 17.9 Å². The van der Waals surface area contributed by atoms with E-state index in [9.17, 15) is 9.18 Å². The molecule has 0 radical (unpaired) electrons. The van der Waals surface area contributed by atoms with Crippen LogP contribution in [0.15, 0.2) is 24.3 Å². The maximum Gasteiger partial charge on any atom is 0.225 e. The second-order valence-electron chi connectivity index (χ2n) is 7.16. The Morgan fingerprint density at radius 2 is 2.04 bits per heavy atom. The Balaban J connectivity index is 2.15. The lowest BCUT2D eigenvalue weighted by molar-refractivity contribution is -0.117. The third-order valence-corrected chi connectivity index (χ3v) is 4.94. The molecule has 2 aromatic rings. The van der Waals surface area contributed by atoms with Crippen LogP contribution in [0.2, 0.25) is 0 Å². The molecule has 1 aromatic carbocycles. The lowest BCUT2D eigenvalue weighted by Gasteiger charge is -2.21. The predicted molar refractivity (Wildman–Crippen MR) is 88.8 cm³/mol. The fourth-order valence-electron chi connectivity index (χ4n) is 3.69. The molecule has 3 rings (SSSR count). The normalized spacial score (nSPS) is 21.7. The molecule has 0 aliphatic heterocycles. The topological polar surface area (TPSA) is 73.8 Å². The highest BCUT2D eigenvalue weighted by Crippen LogP contribution is 2.67. The summed E-state index contributed by atoms with van der Waals surface area (Å²) in [7, 11) is 0. The number of carbonyl (C=O) groups is 1. The zero-order valence-corrected chi connectivity index (χ0v) is 14.3. The molecule has 5 nitrogen and oxygen atoms in total. The Morgan fingerprint density at radius 1 is 1.38 bits per heavy atom. The van der Waals surface area contributed by atoms with Gasteiger partial charge in [0.15, 0.2) is 5.82 Å². The molecule has 1 aliphatic rings. The molecule has 0 bridgehead atoms. The maximum absolute atomic E-state index is 14.6. The monoisotopic (exact) mass is 330 g/mol. The molecule has 1 heterocycles. The smallest absolute Gasteiger partial charge is 0.225 e. The summed E-state index contributed by atoms with van der Waals surface area (Å²) in [6.45, 7) is 6.94. The summed E-state index contributed by atoms with van der Waals surface area (Å²) in [5.74, 6) is 0.441. The summed E-state index contributed by atoms with van der Waals surface area (Å²) < 4.78 is 16.4. The minimum atomic E-state index is -0.517. The van der Waals surface area contributed by atoms with Crippen molar-refractivity contribution >= 4 is 5.91 Å². The van der Waals surface area contributed by atoms with Crippen molar-refractivity contribution in [2.24, 2.45) is 11.1 Å². The molecule has 1 aliphatic carbocycles. The second kappa shape index (κ2) is 5.69. The molecule has 24 heavy (non-hydrogen) atoms. The van der Waals surface area contributed by atoms with Gasteiger partial charge >= 0.3 is 0 Å². The van der Waals surface area contributed by atoms with Crippen molar-refractivity contribution in [1.82, 2.24) is 14.8 Å². The zero-order chi connectivity index (χ0) is 17.5. The summed E-state index contributed by atoms with van der Waals surface area (Å²) in [6.07, 6.45) is 1.66. The molecule has 1 fully saturated rings. The van der Waals surface area contributed by atoms with Crippen LogP contribution < -0.4 is 5.73 Å². The highest BCUT2D eigenvalue weighted by molar-refractivity contribution is 5.75. The van der Waals surface area contributed by atoms with Crippen molar-refractivity contribution in [3.63, 3.8) is 0 Å². The van der Waals surface area contributed by atoms with Gasteiger partial charge in [-0.1, -0.05) is 39.0 Å². The average Bonchev–Trinajstić information content (AvgIpc) is 2.85. The lowest BCUT2D eigenvalue weighted by Crippen LogP contribution is -2.24. The molecule has 1 unspecified atom stereocenters. The molecule has 1 atom stereocenters. The van der Waals surface area contributed by atoms with Crippen LogP contribution in [0, 0.1) is 11.2 Å². The maximum atomic E-state index is 14.6. The fraction of sp³-hybridized carbons (Fsp3) is 0.500. The van der Waals surface area contributed by atoms with Crippen molar-refractivity contribution in [2.45, 2.75) is 52.0 Å². The van der Waals surface area contributed by atoms with Gasteiger partial charge in [0.05, 0.1) is 11.8 Å². The number of halogens is 1. The number of aryl methyl sites for hydroxylation is 1. The second-order valence-corrected chi connectivity index (χ2v) is 7.16. The van der Waals surface area contributed by atoms with E-state index in [0.717, 1.165) is 18.7 Å². The first-order chi connectivity index (χ1) is 11.3. The molecule has 128 valence electrons. The van der Waals surface area contributed by atoms with Gasteiger partial charge in [0, 0.05) is 12.1 Å². The van der Waals surface area contributed by atoms with E-state index in [-0.39, 0.29) is 17.7 Å². The molecule has 0 saturated heterocycles. The first-order valence-corrected chi connectivity index (χ1v) is 8.29. The SMILES string of the molecule is CCCn1nc(CC(N)=O)nc1C1(c2ccccc2F)CC1(C)C. The number of nitrogens with zero attached hydrogens (tertiary/aromatic N) is 3. The van der Waals surface area contributed by atoms with Crippen LogP contribution in [-0.2, 0) is 23.2 Å². The molecular formula is C18H23FN4O. The standard InChI is InChI=1S/C18H23FN4O/c1-4-9-23-16(21-15(22-23)10-14(20)24)18(11-17(18,2)3)12-7-5-6-8-13(12)19/h5-8H,4,9-11H2,1-3H3,(H2,20,24). The van der Waals surface area contributed by atoms with Gasteiger partial charge in [-0.3, -0.25) is 4.79 Å². The molecule has 6 heteroatoms. The first kappa shape index (κ1) is 16.6. The van der Waals surface area contributed by atoms with Gasteiger partial charge in [0.1, 0.15) is 11.6 Å². The van der Waals surface area contributed by atoms with Crippen LogP contribution in [-0.4, -0.2) is 20.7 Å². The molecule has 1 amide bonds. The van der Waals surface area contributed by atoms with E-state index in [2.05, 4.69) is 23.9 Å². The highest BCUT2D eigenvalue weighted by atomic mass is 19.1. The van der Waals surface area contributed by atoms with Crippen LogP contribution >= 0.6 is 0 Å². The van der Waals surface area contributed by atoms with E-state index in [1.54, 1.807) is 6.07 Å². The number of rotatable bonds is 6. The van der Waals surface area contributed by atoms with Crippen LogP contribution in [0.1, 0.15) is 50.8 Å². The Morgan fingerprint density at radius 3 is 2.58 bits per heavy atom. The number of amides is 1. The zero-order valence-electron chi connectivity index (χ0n) is 14.3. The van der Waals surface area contributed by atoms with Crippen molar-refractivity contribution < 1.29 is 9.18 Å². The molecule has 0 spiro atoms. The number of aromatic nitrogens is 3. The number of nitrogens with two attached hydrogens (primary N) is 1. The molecule has 1 aromatic heterocycles. The third kappa shape index (κ3) is 2.50. The van der Waals surface area contributed by atoms with Gasteiger partial charge in [-0.2, -0.15) is 5.10 Å². The van der Waals surface area contributed by atoms with E-state index in [1.165, 1.54) is 6.07 Å². The average molecular weight is 330 g/mol. The Hall–Kier alpha value is -2.24. The van der Waals surface area contributed by atoms with Crippen molar-refractivity contribution in [2.75, 3.05) is 0 Å². The quantitative estimate of drug-likeness (QED) is 0.884. The van der Waals surface area contributed by atoms with E-state index in [1.807, 2.05) is 23.7 Å². The van der Waals surface area contributed by atoms with E-state index >= 15 is 0 Å². The van der Waals surface area contributed by atoms with Crippen LogP contribution in [0.5, 0.6) is 0 Å². The number of hydrogen-bond acceptors (Lipinski definition) is 3. The Kier molecular flexibility index (Phi) is 3.94. The van der Waals surface area contributed by atoms with Gasteiger partial charge in [0.25, 0.3) is 0 Å². The van der Waals surface area contributed by atoms with Gasteiger partial charge in [-0.25, -0.2) is 14.1 Å². The Labute approximate surface area is 141 Å². The number of carbonyl (C=O) groups excluding carboxylic acids is 1. The molecule has 1 saturated carbocycles. The summed E-state index contributed by atoms with van der Waals surface area (Å²) >= 11 is 0. The first-order valence-electron chi connectivity index (χ1n) is 8.29. The molecule has 2 N–H and O–H groups in total. The number of hydrogen-bond donors (Lipinski definition) is 1. The number of benzene rings is 1. The van der Waals surface area contributed by atoms with Crippen LogP contribution in [0.3, 0.4) is 0 Å². The van der Waals surface area contributed by atoms with Crippen molar-refractivity contribution in [3.05, 3.63) is 47.3 Å². The summed E-state index contributed by atoms with van der Waals surface area (Å²) in [5, 5.41) is 4.45. The van der Waals surface area contributed by atoms with E-state index in [4.69, 9.17) is 5.73 Å². The fourth-order valence-corrected chi connectivity index (χ4v) is 3.69. The Bertz CT molecular complexity index is 783. The van der Waals surface area contributed by atoms with Gasteiger partial charge in [-0.15, -0.1) is 0 Å².